The highest BCUT2D eigenvalue weighted by molar-refractivity contribution is 6.18. The van der Waals surface area contributed by atoms with Crippen LogP contribution in [0.15, 0.2) is 24.3 Å². The van der Waals surface area contributed by atoms with Crippen molar-refractivity contribution in [2.75, 3.05) is 13.0 Å². The third kappa shape index (κ3) is 3.90. The Hall–Kier alpha value is -1.19. The van der Waals surface area contributed by atoms with Crippen molar-refractivity contribution < 1.29 is 4.74 Å². The molecule has 2 aromatic rings. The van der Waals surface area contributed by atoms with Crippen molar-refractivity contribution in [1.29, 1.82) is 0 Å². The number of hydrogen-bond acceptors (Lipinski definition) is 2. The molecule has 0 fully saturated rings. The van der Waals surface area contributed by atoms with Gasteiger partial charge in [0.25, 0.3) is 0 Å². The van der Waals surface area contributed by atoms with E-state index in [0.29, 0.717) is 11.8 Å². The number of imidazole rings is 1. The number of aryl methyl sites for hydroxylation is 1. The lowest BCUT2D eigenvalue weighted by Crippen LogP contribution is -2.02. The molecule has 20 heavy (non-hydrogen) atoms. The first-order chi connectivity index (χ1) is 9.13. The average molecular weight is 315 g/mol. The van der Waals surface area contributed by atoms with E-state index in [1.165, 1.54) is 0 Å². The molecule has 0 radical (unpaired) electrons. The number of rotatable bonds is 5. The zero-order valence-electron chi connectivity index (χ0n) is 11.9. The van der Waals surface area contributed by atoms with Crippen molar-refractivity contribution in [3.63, 3.8) is 0 Å². The Labute approximate surface area is 131 Å². The second-order valence-corrected chi connectivity index (χ2v) is 5.16. The summed E-state index contributed by atoms with van der Waals surface area (Å²) in [4.78, 5) is 8.00. The van der Waals surface area contributed by atoms with Crippen LogP contribution in [0.25, 0.3) is 11.4 Å². The van der Waals surface area contributed by atoms with Gasteiger partial charge >= 0.3 is 0 Å². The molecule has 1 N–H and O–H groups in total. The van der Waals surface area contributed by atoms with Crippen LogP contribution in [-0.2, 0) is 6.42 Å². The minimum Gasteiger partial charge on any atom is -0.497 e. The Kier molecular flexibility index (Phi) is 6.37. The number of H-pyrrole nitrogens is 1. The first-order valence-corrected chi connectivity index (χ1v) is 6.93. The predicted molar refractivity (Wildman–Crippen MR) is 86.1 cm³/mol. The molecule has 0 saturated carbocycles. The summed E-state index contributed by atoms with van der Waals surface area (Å²) >= 11 is 5.86. The summed E-state index contributed by atoms with van der Waals surface area (Å²) in [7, 11) is 1.66. The highest BCUT2D eigenvalue weighted by atomic mass is 35.5. The number of benzene rings is 1. The fourth-order valence-corrected chi connectivity index (χ4v) is 2.07. The third-order valence-corrected chi connectivity index (χ3v) is 3.68. The normalized spacial score (nSPS) is 11.8. The fourth-order valence-electron chi connectivity index (χ4n) is 1.97. The molecular weight excluding hydrogens is 295 g/mol. The quantitative estimate of drug-likeness (QED) is 0.838. The summed E-state index contributed by atoms with van der Waals surface area (Å²) < 4.78 is 5.16. The molecule has 1 aromatic heterocycles. The van der Waals surface area contributed by atoms with E-state index in [1.54, 1.807) is 7.11 Å². The monoisotopic (exact) mass is 314 g/mol. The van der Waals surface area contributed by atoms with Crippen LogP contribution in [0.4, 0.5) is 0 Å². The topological polar surface area (TPSA) is 37.9 Å². The van der Waals surface area contributed by atoms with Gasteiger partial charge in [0.15, 0.2) is 0 Å². The molecule has 5 heteroatoms. The van der Waals surface area contributed by atoms with Gasteiger partial charge in [0, 0.05) is 17.1 Å². The Morgan fingerprint density at radius 1 is 1.30 bits per heavy atom. The van der Waals surface area contributed by atoms with Gasteiger partial charge in [-0.25, -0.2) is 4.98 Å². The minimum absolute atomic E-state index is 0. The van der Waals surface area contributed by atoms with Crippen LogP contribution in [0, 0.1) is 12.8 Å². The van der Waals surface area contributed by atoms with Gasteiger partial charge in [0.2, 0.25) is 0 Å². The smallest absolute Gasteiger partial charge is 0.137 e. The molecule has 1 heterocycles. The molecule has 0 spiro atoms. The van der Waals surface area contributed by atoms with Crippen molar-refractivity contribution in [1.82, 2.24) is 9.97 Å². The van der Waals surface area contributed by atoms with Gasteiger partial charge in [-0.1, -0.05) is 6.92 Å². The van der Waals surface area contributed by atoms with Gasteiger partial charge in [0.1, 0.15) is 11.6 Å². The van der Waals surface area contributed by atoms with Crippen molar-refractivity contribution >= 4 is 24.0 Å². The number of methoxy groups -OCH3 is 1. The summed E-state index contributed by atoms with van der Waals surface area (Å²) in [6.45, 7) is 4.19. The van der Waals surface area contributed by atoms with Crippen molar-refractivity contribution in [2.45, 2.75) is 20.3 Å². The molecule has 110 valence electrons. The van der Waals surface area contributed by atoms with E-state index in [0.717, 1.165) is 34.9 Å². The summed E-state index contributed by atoms with van der Waals surface area (Å²) in [6.07, 6.45) is 0.905. The van der Waals surface area contributed by atoms with Gasteiger partial charge in [-0.3, -0.25) is 0 Å². The SMILES string of the molecule is COc1ccc(-c2nc(CC(C)CCl)c(C)[nH]2)cc1.Cl. The molecule has 0 saturated heterocycles. The highest BCUT2D eigenvalue weighted by Gasteiger charge is 2.11. The number of alkyl halides is 1. The summed E-state index contributed by atoms with van der Waals surface area (Å²) in [5, 5.41) is 0. The maximum Gasteiger partial charge on any atom is 0.137 e. The molecule has 1 atom stereocenters. The lowest BCUT2D eigenvalue weighted by Gasteiger charge is -2.04. The number of nitrogens with one attached hydrogen (secondary N) is 1. The Morgan fingerprint density at radius 2 is 1.95 bits per heavy atom. The largest absolute Gasteiger partial charge is 0.497 e. The van der Waals surface area contributed by atoms with Crippen LogP contribution in [0.3, 0.4) is 0 Å². The zero-order chi connectivity index (χ0) is 13.8. The molecule has 0 amide bonds. The van der Waals surface area contributed by atoms with E-state index in [-0.39, 0.29) is 12.4 Å². The van der Waals surface area contributed by atoms with Crippen LogP contribution in [0.1, 0.15) is 18.3 Å². The van der Waals surface area contributed by atoms with E-state index < -0.39 is 0 Å². The summed E-state index contributed by atoms with van der Waals surface area (Å²) in [5.74, 6) is 2.84. The first kappa shape index (κ1) is 16.9. The zero-order valence-corrected chi connectivity index (χ0v) is 13.5. The number of halogens is 2. The number of aromatic nitrogens is 2. The first-order valence-electron chi connectivity index (χ1n) is 6.40. The summed E-state index contributed by atoms with van der Waals surface area (Å²) in [5.41, 5.74) is 3.27. The van der Waals surface area contributed by atoms with E-state index in [4.69, 9.17) is 16.3 Å². The number of ether oxygens (including phenoxy) is 1. The van der Waals surface area contributed by atoms with Crippen LogP contribution >= 0.6 is 24.0 Å². The molecule has 0 aliphatic carbocycles. The lowest BCUT2D eigenvalue weighted by molar-refractivity contribution is 0.415. The van der Waals surface area contributed by atoms with E-state index >= 15 is 0 Å². The number of aromatic amines is 1. The second kappa shape index (κ2) is 7.55. The van der Waals surface area contributed by atoms with Crippen LogP contribution in [0.2, 0.25) is 0 Å². The van der Waals surface area contributed by atoms with Crippen molar-refractivity contribution in [3.05, 3.63) is 35.7 Å². The van der Waals surface area contributed by atoms with Crippen molar-refractivity contribution in [3.8, 4) is 17.1 Å². The molecule has 3 nitrogen and oxygen atoms in total. The number of nitrogens with zero attached hydrogens (tertiary/aromatic N) is 1. The predicted octanol–water partition coefficient (Wildman–Crippen LogP) is 4.23. The molecule has 1 unspecified atom stereocenters. The molecular formula is C15H20Cl2N2O. The molecule has 0 aliphatic heterocycles. The molecule has 2 rings (SSSR count). The van der Waals surface area contributed by atoms with Gasteiger partial charge in [0.05, 0.1) is 12.8 Å². The fraction of sp³-hybridized carbons (Fsp3) is 0.400. The van der Waals surface area contributed by atoms with Crippen LogP contribution in [-0.4, -0.2) is 23.0 Å². The lowest BCUT2D eigenvalue weighted by atomic mass is 10.1. The third-order valence-electron chi connectivity index (χ3n) is 3.15. The van der Waals surface area contributed by atoms with E-state index in [2.05, 4.69) is 23.8 Å². The van der Waals surface area contributed by atoms with Gasteiger partial charge in [-0.05, 0) is 43.5 Å². The average Bonchev–Trinajstić information content (AvgIpc) is 2.80. The highest BCUT2D eigenvalue weighted by Crippen LogP contribution is 2.22. The van der Waals surface area contributed by atoms with Crippen LogP contribution in [0.5, 0.6) is 5.75 Å². The minimum atomic E-state index is 0. The maximum atomic E-state index is 5.86. The summed E-state index contributed by atoms with van der Waals surface area (Å²) in [6, 6.07) is 7.89. The van der Waals surface area contributed by atoms with Gasteiger partial charge in [-0.2, -0.15) is 0 Å². The standard InChI is InChI=1S/C15H19ClN2O.ClH/c1-10(9-16)8-14-11(2)17-15(18-14)12-4-6-13(19-3)7-5-12;/h4-7,10H,8-9H2,1-3H3,(H,17,18);1H. The second-order valence-electron chi connectivity index (χ2n) is 4.85. The Balaban J connectivity index is 0.00000200. The van der Waals surface area contributed by atoms with Gasteiger partial charge in [-0.15, -0.1) is 24.0 Å². The maximum absolute atomic E-state index is 5.86. The van der Waals surface area contributed by atoms with E-state index in [9.17, 15) is 0 Å². The Bertz CT molecular complexity index is 537. The molecule has 0 aliphatic rings. The number of hydrogen-bond donors (Lipinski definition) is 1. The molecule has 0 bridgehead atoms. The molecule has 1 aromatic carbocycles. The Morgan fingerprint density at radius 3 is 2.50 bits per heavy atom. The van der Waals surface area contributed by atoms with Crippen molar-refractivity contribution in [2.24, 2.45) is 5.92 Å². The van der Waals surface area contributed by atoms with Crippen LogP contribution < -0.4 is 4.74 Å². The van der Waals surface area contributed by atoms with Gasteiger partial charge < -0.3 is 9.72 Å². The van der Waals surface area contributed by atoms with E-state index in [1.807, 2.05) is 24.3 Å².